The van der Waals surface area contributed by atoms with Gasteiger partial charge in [0.1, 0.15) is 6.04 Å². The Kier molecular flexibility index (Phi) is 6.08. The molecule has 2 N–H and O–H groups in total. The topological polar surface area (TPSA) is 81.3 Å². The van der Waals surface area contributed by atoms with Gasteiger partial charge in [0.2, 0.25) is 5.91 Å². The second kappa shape index (κ2) is 9.56. The van der Waals surface area contributed by atoms with E-state index in [1.807, 2.05) is 65.8 Å². The van der Waals surface area contributed by atoms with Crippen molar-refractivity contribution in [2.45, 2.75) is 18.9 Å². The zero-order chi connectivity index (χ0) is 25.4. The second-order valence-corrected chi connectivity index (χ2v) is 10.5. The minimum absolute atomic E-state index is 0.0641. The molecule has 2 aromatic heterocycles. The number of halogens is 1. The summed E-state index contributed by atoms with van der Waals surface area (Å²) in [7, 11) is 0. The number of H-pyrrole nitrogens is 1. The van der Waals surface area contributed by atoms with Crippen LogP contribution in [0.4, 0.5) is 5.69 Å². The first kappa shape index (κ1) is 23.6. The molecule has 6 rings (SSSR count). The first-order chi connectivity index (χ1) is 18.0. The number of hydrogen-bond donors (Lipinski definition) is 2. The number of anilines is 1. The molecule has 0 radical (unpaired) electrons. The van der Waals surface area contributed by atoms with Crippen molar-refractivity contribution in [1.29, 1.82) is 0 Å². The number of nitrogens with one attached hydrogen (secondary N) is 2. The van der Waals surface area contributed by atoms with E-state index >= 15 is 0 Å². The zero-order valence-corrected chi connectivity index (χ0v) is 21.1. The average molecular weight is 514 g/mol. The van der Waals surface area contributed by atoms with E-state index in [4.69, 9.17) is 11.6 Å². The molecule has 2 aliphatic rings. The lowest BCUT2D eigenvalue weighted by atomic mass is 9.71. The molecule has 1 spiro atoms. The average Bonchev–Trinajstić information content (AvgIpc) is 3.30. The van der Waals surface area contributed by atoms with Gasteiger partial charge in [-0.1, -0.05) is 48.0 Å². The Hall–Kier alpha value is -3.84. The lowest BCUT2D eigenvalue weighted by Crippen LogP contribution is -2.63. The third kappa shape index (κ3) is 4.55. The van der Waals surface area contributed by atoms with Gasteiger partial charge in [-0.15, -0.1) is 0 Å². The molecular weight excluding hydrogens is 486 g/mol. The molecule has 4 aromatic rings. The Bertz CT molecular complexity index is 1420. The van der Waals surface area contributed by atoms with Crippen molar-refractivity contribution in [2.75, 3.05) is 31.1 Å². The minimum atomic E-state index is -0.745. The van der Waals surface area contributed by atoms with Crippen LogP contribution in [0.2, 0.25) is 5.02 Å². The number of pyridine rings is 1. The van der Waals surface area contributed by atoms with Gasteiger partial charge in [0.25, 0.3) is 5.91 Å². The molecule has 2 aliphatic heterocycles. The molecule has 2 saturated heterocycles. The van der Waals surface area contributed by atoms with Gasteiger partial charge in [0.15, 0.2) is 0 Å². The third-order valence-corrected chi connectivity index (χ3v) is 8.08. The number of carbonyl (C=O) groups excluding carboxylic acids is 2. The van der Waals surface area contributed by atoms with Crippen LogP contribution in [0.3, 0.4) is 0 Å². The van der Waals surface area contributed by atoms with Crippen LogP contribution < -0.4 is 10.2 Å². The van der Waals surface area contributed by atoms with Gasteiger partial charge in [-0.3, -0.25) is 14.6 Å². The van der Waals surface area contributed by atoms with Gasteiger partial charge in [-0.25, -0.2) is 0 Å². The highest BCUT2D eigenvalue weighted by atomic mass is 35.5. The minimum Gasteiger partial charge on any atom is -0.371 e. The molecule has 4 heterocycles. The van der Waals surface area contributed by atoms with E-state index in [2.05, 4.69) is 20.2 Å². The Labute approximate surface area is 220 Å². The molecule has 0 bridgehead atoms. The number of amides is 2. The Morgan fingerprint density at radius 3 is 2.46 bits per heavy atom. The van der Waals surface area contributed by atoms with Crippen LogP contribution in [0.1, 0.15) is 34.8 Å². The van der Waals surface area contributed by atoms with Crippen molar-refractivity contribution in [1.82, 2.24) is 20.2 Å². The van der Waals surface area contributed by atoms with E-state index in [-0.39, 0.29) is 17.2 Å². The number of hydrogen-bond acceptors (Lipinski definition) is 4. The van der Waals surface area contributed by atoms with Crippen molar-refractivity contribution in [3.63, 3.8) is 0 Å². The third-order valence-electron chi connectivity index (χ3n) is 7.76. The van der Waals surface area contributed by atoms with E-state index in [9.17, 15) is 9.59 Å². The molecule has 0 saturated carbocycles. The normalized spacial score (nSPS) is 17.4. The van der Waals surface area contributed by atoms with Crippen LogP contribution >= 0.6 is 11.6 Å². The van der Waals surface area contributed by atoms with Crippen molar-refractivity contribution in [3.8, 4) is 0 Å². The number of piperidine rings is 1. The number of rotatable bonds is 5. The van der Waals surface area contributed by atoms with Gasteiger partial charge < -0.3 is 20.1 Å². The predicted octanol–water partition coefficient (Wildman–Crippen LogP) is 4.82. The number of aromatic amines is 1. The number of nitrogens with zero attached hydrogens (tertiary/aromatic N) is 3. The van der Waals surface area contributed by atoms with Crippen LogP contribution in [-0.2, 0) is 4.79 Å². The molecule has 37 heavy (non-hydrogen) atoms. The summed E-state index contributed by atoms with van der Waals surface area (Å²) in [6, 6.07) is 18.1. The monoisotopic (exact) mass is 513 g/mol. The number of fused-ring (bicyclic) bond motifs is 1. The zero-order valence-electron chi connectivity index (χ0n) is 20.4. The molecule has 2 aromatic carbocycles. The number of aromatic nitrogens is 2. The van der Waals surface area contributed by atoms with Gasteiger partial charge >= 0.3 is 0 Å². The molecule has 7 nitrogen and oxygen atoms in total. The highest BCUT2D eigenvalue weighted by Gasteiger charge is 2.48. The van der Waals surface area contributed by atoms with Crippen LogP contribution in [0, 0.1) is 5.41 Å². The van der Waals surface area contributed by atoms with E-state index in [1.165, 1.54) is 5.69 Å². The maximum Gasteiger partial charge on any atom is 0.252 e. The second-order valence-electron chi connectivity index (χ2n) is 10.1. The lowest BCUT2D eigenvalue weighted by Gasteiger charge is -2.54. The maximum atomic E-state index is 13.7. The summed E-state index contributed by atoms with van der Waals surface area (Å²) in [6.07, 6.45) is 7.44. The molecular formula is C29H28ClN5O2. The SMILES string of the molecule is O=C(NC(C(=O)N1CC2(CCN(c3ccncc3)CC2)C1)c1ccccc1)c1ccc2c(Cl)c[nH]c2c1. The van der Waals surface area contributed by atoms with Crippen LogP contribution in [0.5, 0.6) is 0 Å². The Balaban J connectivity index is 1.15. The fourth-order valence-corrected chi connectivity index (χ4v) is 5.81. The van der Waals surface area contributed by atoms with Crippen LogP contribution in [0.15, 0.2) is 79.3 Å². The van der Waals surface area contributed by atoms with Crippen molar-refractivity contribution in [3.05, 3.63) is 95.4 Å². The Morgan fingerprint density at radius 1 is 1.00 bits per heavy atom. The first-order valence-corrected chi connectivity index (χ1v) is 13.0. The lowest BCUT2D eigenvalue weighted by molar-refractivity contribution is -0.147. The number of carbonyl (C=O) groups is 2. The highest BCUT2D eigenvalue weighted by Crippen LogP contribution is 2.42. The van der Waals surface area contributed by atoms with Gasteiger partial charge in [0.05, 0.1) is 5.02 Å². The fourth-order valence-electron chi connectivity index (χ4n) is 5.59. The largest absolute Gasteiger partial charge is 0.371 e. The van der Waals surface area contributed by atoms with Crippen molar-refractivity contribution in [2.24, 2.45) is 5.41 Å². The molecule has 8 heteroatoms. The van der Waals surface area contributed by atoms with Crippen LogP contribution in [0.25, 0.3) is 10.9 Å². The van der Waals surface area contributed by atoms with Gasteiger partial charge in [-0.05, 0) is 42.7 Å². The quantitative estimate of drug-likeness (QED) is 0.401. The standard InChI is InChI=1S/C29H28ClN5O2/c30-24-17-32-25-16-21(6-7-23(24)25)27(36)33-26(20-4-2-1-3-5-20)28(37)35-18-29(19-35)10-14-34(15-11-29)22-8-12-31-13-9-22/h1-9,12-13,16-17,26,32H,10-11,14-15,18-19H2,(H,33,36). The summed E-state index contributed by atoms with van der Waals surface area (Å²) in [4.78, 5) is 38.4. The van der Waals surface area contributed by atoms with Crippen molar-refractivity contribution >= 4 is 40.0 Å². The van der Waals surface area contributed by atoms with Crippen LogP contribution in [-0.4, -0.2) is 52.9 Å². The summed E-state index contributed by atoms with van der Waals surface area (Å²) in [5, 5.41) is 4.46. The summed E-state index contributed by atoms with van der Waals surface area (Å²) >= 11 is 6.18. The van der Waals surface area contributed by atoms with Gasteiger partial charge in [0, 0.05) is 72.3 Å². The number of benzene rings is 2. The summed E-state index contributed by atoms with van der Waals surface area (Å²) < 4.78 is 0. The smallest absolute Gasteiger partial charge is 0.252 e. The first-order valence-electron chi connectivity index (χ1n) is 12.6. The van der Waals surface area contributed by atoms with E-state index < -0.39 is 6.04 Å². The fraction of sp³-hybridized carbons (Fsp3) is 0.276. The van der Waals surface area contributed by atoms with E-state index in [1.54, 1.807) is 18.3 Å². The summed E-state index contributed by atoms with van der Waals surface area (Å²) in [5.74, 6) is -0.360. The van der Waals surface area contributed by atoms with Gasteiger partial charge in [-0.2, -0.15) is 0 Å². The maximum absolute atomic E-state index is 13.7. The Morgan fingerprint density at radius 2 is 1.73 bits per heavy atom. The summed E-state index contributed by atoms with van der Waals surface area (Å²) in [5.41, 5.74) is 3.39. The molecule has 2 amide bonds. The number of likely N-dealkylation sites (tertiary alicyclic amines) is 1. The summed E-state index contributed by atoms with van der Waals surface area (Å²) in [6.45, 7) is 3.39. The molecule has 1 unspecified atom stereocenters. The molecule has 188 valence electrons. The highest BCUT2D eigenvalue weighted by molar-refractivity contribution is 6.35. The van der Waals surface area contributed by atoms with E-state index in [0.29, 0.717) is 10.6 Å². The van der Waals surface area contributed by atoms with E-state index in [0.717, 1.165) is 55.5 Å². The molecule has 0 aliphatic carbocycles. The van der Waals surface area contributed by atoms with Crippen molar-refractivity contribution < 1.29 is 9.59 Å². The molecule has 1 atom stereocenters. The predicted molar refractivity (Wildman–Crippen MR) is 145 cm³/mol. The molecule has 2 fully saturated rings.